The van der Waals surface area contributed by atoms with Gasteiger partial charge in [0.1, 0.15) is 0 Å². The zero-order valence-corrected chi connectivity index (χ0v) is 12.7. The van der Waals surface area contributed by atoms with E-state index in [4.69, 9.17) is 5.73 Å². The van der Waals surface area contributed by atoms with Crippen LogP contribution in [0.15, 0.2) is 30.2 Å². The molecule has 0 saturated carbocycles. The van der Waals surface area contributed by atoms with Crippen LogP contribution in [-0.2, 0) is 6.54 Å². The Morgan fingerprint density at radius 2 is 2.25 bits per heavy atom. The minimum atomic E-state index is 0.340. The van der Waals surface area contributed by atoms with Crippen molar-refractivity contribution in [3.63, 3.8) is 0 Å². The van der Waals surface area contributed by atoms with E-state index in [9.17, 15) is 0 Å². The van der Waals surface area contributed by atoms with Gasteiger partial charge in [-0.15, -0.1) is 11.3 Å². The van der Waals surface area contributed by atoms with Gasteiger partial charge in [0.2, 0.25) is 0 Å². The van der Waals surface area contributed by atoms with Gasteiger partial charge >= 0.3 is 0 Å². The molecule has 2 N–H and O–H groups in total. The molecule has 0 aliphatic carbocycles. The van der Waals surface area contributed by atoms with Gasteiger partial charge in [0.15, 0.2) is 0 Å². The number of rotatable bonds is 4. The van der Waals surface area contributed by atoms with Crippen LogP contribution in [-0.4, -0.2) is 33.6 Å². The summed E-state index contributed by atoms with van der Waals surface area (Å²) in [5.41, 5.74) is 7.21. The number of nitrogens with zero attached hydrogens (tertiary/aromatic N) is 3. The Kier molecular flexibility index (Phi) is 4.19. The van der Waals surface area contributed by atoms with Crippen molar-refractivity contribution in [3.05, 3.63) is 35.0 Å². The fourth-order valence-corrected chi connectivity index (χ4v) is 3.76. The van der Waals surface area contributed by atoms with E-state index in [1.165, 1.54) is 36.5 Å². The Morgan fingerprint density at radius 1 is 1.45 bits per heavy atom. The molecule has 0 bridgehead atoms. The number of hydrogen-bond acceptors (Lipinski definition) is 4. The lowest BCUT2D eigenvalue weighted by Crippen LogP contribution is -2.39. The maximum atomic E-state index is 6.00. The van der Waals surface area contributed by atoms with Crippen molar-refractivity contribution < 1.29 is 0 Å². The van der Waals surface area contributed by atoms with Gasteiger partial charge in [-0.05, 0) is 44.8 Å². The number of piperidine rings is 1. The first-order valence-corrected chi connectivity index (χ1v) is 8.14. The molecule has 2 aromatic heterocycles. The molecule has 0 spiro atoms. The highest BCUT2D eigenvalue weighted by Gasteiger charge is 2.22. The van der Waals surface area contributed by atoms with Gasteiger partial charge in [-0.2, -0.15) is 0 Å². The van der Waals surface area contributed by atoms with E-state index in [1.807, 2.05) is 30.1 Å². The molecule has 4 nitrogen and oxygen atoms in total. The second kappa shape index (κ2) is 6.08. The highest BCUT2D eigenvalue weighted by atomic mass is 32.1. The number of likely N-dealkylation sites (tertiary alicyclic amines) is 1. The van der Waals surface area contributed by atoms with Crippen molar-refractivity contribution in [2.45, 2.75) is 32.4 Å². The molecular formula is C15H22N4S. The van der Waals surface area contributed by atoms with Crippen LogP contribution in [0.1, 0.15) is 24.6 Å². The highest BCUT2D eigenvalue weighted by molar-refractivity contribution is 7.10. The van der Waals surface area contributed by atoms with Crippen molar-refractivity contribution in [2.24, 2.45) is 11.7 Å². The van der Waals surface area contributed by atoms with Crippen molar-refractivity contribution in [2.75, 3.05) is 13.1 Å². The van der Waals surface area contributed by atoms with Gasteiger partial charge in [-0.3, -0.25) is 4.90 Å². The zero-order chi connectivity index (χ0) is 13.9. The van der Waals surface area contributed by atoms with Crippen LogP contribution in [0.5, 0.6) is 0 Å². The van der Waals surface area contributed by atoms with Crippen molar-refractivity contribution in [3.8, 4) is 5.69 Å². The lowest BCUT2D eigenvalue weighted by atomic mass is 9.91. The van der Waals surface area contributed by atoms with Crippen LogP contribution < -0.4 is 5.73 Å². The second-order valence-electron chi connectivity index (χ2n) is 5.71. The monoisotopic (exact) mass is 290 g/mol. The van der Waals surface area contributed by atoms with Gasteiger partial charge in [-0.25, -0.2) is 4.98 Å². The Labute approximate surface area is 124 Å². The molecule has 0 amide bonds. The molecule has 20 heavy (non-hydrogen) atoms. The Bertz CT molecular complexity index is 524. The lowest BCUT2D eigenvalue weighted by molar-refractivity contribution is 0.167. The molecule has 108 valence electrons. The molecule has 1 atom stereocenters. The topological polar surface area (TPSA) is 47.1 Å². The number of imidazole rings is 1. The summed E-state index contributed by atoms with van der Waals surface area (Å²) in [6.07, 6.45) is 8.12. The van der Waals surface area contributed by atoms with Gasteiger partial charge in [0.25, 0.3) is 0 Å². The van der Waals surface area contributed by atoms with E-state index in [-0.39, 0.29) is 0 Å². The average Bonchev–Trinajstić information content (AvgIpc) is 3.09. The first kappa shape index (κ1) is 13.8. The minimum absolute atomic E-state index is 0.340. The third-order valence-electron chi connectivity index (χ3n) is 4.20. The third-order valence-corrected chi connectivity index (χ3v) is 5.11. The van der Waals surface area contributed by atoms with E-state index in [0.717, 1.165) is 6.54 Å². The Morgan fingerprint density at radius 3 is 2.90 bits per heavy atom. The van der Waals surface area contributed by atoms with Crippen LogP contribution in [0.3, 0.4) is 0 Å². The van der Waals surface area contributed by atoms with Gasteiger partial charge in [0, 0.05) is 35.2 Å². The predicted octanol–water partition coefficient (Wildman–Crippen LogP) is 2.49. The molecule has 5 heteroatoms. The summed E-state index contributed by atoms with van der Waals surface area (Å²) in [5.74, 6) is 0.705. The summed E-state index contributed by atoms with van der Waals surface area (Å²) < 4.78 is 2.06. The Balaban J connectivity index is 1.57. The molecule has 0 aromatic carbocycles. The average molecular weight is 290 g/mol. The van der Waals surface area contributed by atoms with Crippen LogP contribution in [0.4, 0.5) is 0 Å². The largest absolute Gasteiger partial charge is 0.328 e. The molecule has 1 aliphatic heterocycles. The van der Waals surface area contributed by atoms with Crippen molar-refractivity contribution in [1.82, 2.24) is 14.5 Å². The molecule has 2 aromatic rings. The molecule has 3 heterocycles. The van der Waals surface area contributed by atoms with Gasteiger partial charge in [0.05, 0.1) is 12.0 Å². The quantitative estimate of drug-likeness (QED) is 0.941. The normalized spacial score (nSPS) is 19.3. The number of aromatic nitrogens is 2. The summed E-state index contributed by atoms with van der Waals surface area (Å²) in [7, 11) is 0. The summed E-state index contributed by atoms with van der Waals surface area (Å²) in [4.78, 5) is 8.06. The summed E-state index contributed by atoms with van der Waals surface area (Å²) in [6, 6.07) is 2.61. The minimum Gasteiger partial charge on any atom is -0.328 e. The summed E-state index contributed by atoms with van der Waals surface area (Å²) in [5, 5.41) is 2.20. The maximum Gasteiger partial charge on any atom is 0.0991 e. The summed E-state index contributed by atoms with van der Waals surface area (Å²) in [6.45, 7) is 5.54. The van der Waals surface area contributed by atoms with E-state index in [1.54, 1.807) is 0 Å². The molecule has 3 rings (SSSR count). The van der Waals surface area contributed by atoms with Crippen LogP contribution >= 0.6 is 11.3 Å². The number of nitrogens with two attached hydrogens (primary N) is 1. The van der Waals surface area contributed by atoms with Crippen molar-refractivity contribution in [1.29, 1.82) is 0 Å². The van der Waals surface area contributed by atoms with Gasteiger partial charge < -0.3 is 10.3 Å². The molecule has 1 fully saturated rings. The smallest absolute Gasteiger partial charge is 0.0991 e. The van der Waals surface area contributed by atoms with Crippen molar-refractivity contribution >= 4 is 11.3 Å². The van der Waals surface area contributed by atoms with Crippen LogP contribution in [0.25, 0.3) is 5.69 Å². The molecule has 1 saturated heterocycles. The number of thiophene rings is 1. The first-order valence-electron chi connectivity index (χ1n) is 7.26. The SMILES string of the molecule is CC(N)C1CCN(Cc2cc(-n3ccnc3)cs2)CC1. The fraction of sp³-hybridized carbons (Fsp3) is 0.533. The Hall–Kier alpha value is -1.17. The molecular weight excluding hydrogens is 268 g/mol. The fourth-order valence-electron chi connectivity index (χ4n) is 2.86. The standard InChI is InChI=1S/C15H22N4S/c1-12(16)13-2-5-18(6-3-13)9-15-8-14(10-20-15)19-7-4-17-11-19/h4,7-8,10-13H,2-3,5-6,9,16H2,1H3. The van der Waals surface area contributed by atoms with E-state index in [0.29, 0.717) is 12.0 Å². The maximum absolute atomic E-state index is 6.00. The summed E-state index contributed by atoms with van der Waals surface area (Å²) >= 11 is 1.83. The predicted molar refractivity (Wildman–Crippen MR) is 83.1 cm³/mol. The van der Waals surface area contributed by atoms with Crippen LogP contribution in [0, 0.1) is 5.92 Å². The highest BCUT2D eigenvalue weighted by Crippen LogP contribution is 2.24. The van der Waals surface area contributed by atoms with E-state index >= 15 is 0 Å². The van der Waals surface area contributed by atoms with E-state index < -0.39 is 0 Å². The lowest BCUT2D eigenvalue weighted by Gasteiger charge is -2.33. The third kappa shape index (κ3) is 3.11. The van der Waals surface area contributed by atoms with Crippen LogP contribution in [0.2, 0.25) is 0 Å². The van der Waals surface area contributed by atoms with Gasteiger partial charge in [-0.1, -0.05) is 0 Å². The molecule has 1 unspecified atom stereocenters. The molecule has 1 aliphatic rings. The van der Waals surface area contributed by atoms with E-state index in [2.05, 4.69) is 32.8 Å². The molecule has 0 radical (unpaired) electrons. The zero-order valence-electron chi connectivity index (χ0n) is 11.9. The second-order valence-corrected chi connectivity index (χ2v) is 6.71. The first-order chi connectivity index (χ1) is 9.72. The number of hydrogen-bond donors (Lipinski definition) is 1.